The molecule has 1 rings (SSSR count). The molecular formula is C6H2N2O4-2. The molecule has 0 radical (unpaired) electrons. The van der Waals surface area contributed by atoms with E-state index in [0.29, 0.717) is 0 Å². The lowest BCUT2D eigenvalue weighted by Crippen LogP contribution is -2.32. The van der Waals surface area contributed by atoms with Crippen LogP contribution in [0.5, 0.6) is 0 Å². The number of carboxylic acids is 2. The molecule has 0 saturated heterocycles. The van der Waals surface area contributed by atoms with Crippen molar-refractivity contribution in [3.8, 4) is 0 Å². The van der Waals surface area contributed by atoms with E-state index in [0.717, 1.165) is 12.4 Å². The summed E-state index contributed by atoms with van der Waals surface area (Å²) >= 11 is 0. The maximum atomic E-state index is 10.2. The molecule has 0 spiro atoms. The molecule has 1 aromatic heterocycles. The molecule has 0 unspecified atom stereocenters. The van der Waals surface area contributed by atoms with Gasteiger partial charge in [-0.1, -0.05) is 0 Å². The monoisotopic (exact) mass is 166 g/mol. The SMILES string of the molecule is O=C([O-])c1nccnc1C(=O)[O-]. The molecule has 1 heterocycles. The van der Waals surface area contributed by atoms with Crippen molar-refractivity contribution in [1.82, 2.24) is 9.97 Å². The maximum Gasteiger partial charge on any atom is 0.113 e. The van der Waals surface area contributed by atoms with Crippen LogP contribution in [0.1, 0.15) is 21.0 Å². The van der Waals surface area contributed by atoms with Crippen molar-refractivity contribution in [3.05, 3.63) is 23.8 Å². The van der Waals surface area contributed by atoms with E-state index in [-0.39, 0.29) is 0 Å². The number of nitrogens with zero attached hydrogens (tertiary/aromatic N) is 2. The van der Waals surface area contributed by atoms with Gasteiger partial charge in [0.1, 0.15) is 11.4 Å². The maximum absolute atomic E-state index is 10.2. The summed E-state index contributed by atoms with van der Waals surface area (Å²) in [4.78, 5) is 27.0. The van der Waals surface area contributed by atoms with Gasteiger partial charge in [-0.25, -0.2) is 0 Å². The molecule has 0 aromatic carbocycles. The van der Waals surface area contributed by atoms with Crippen LogP contribution in [-0.4, -0.2) is 21.9 Å². The first-order valence-corrected chi connectivity index (χ1v) is 2.86. The highest BCUT2D eigenvalue weighted by molar-refractivity contribution is 5.96. The topological polar surface area (TPSA) is 106 Å². The second-order valence-electron chi connectivity index (χ2n) is 1.83. The van der Waals surface area contributed by atoms with Gasteiger partial charge in [-0.05, 0) is 0 Å². The Morgan fingerprint density at radius 2 is 1.33 bits per heavy atom. The third-order valence-electron chi connectivity index (χ3n) is 1.08. The zero-order valence-corrected chi connectivity index (χ0v) is 5.68. The first-order chi connectivity index (χ1) is 5.63. The lowest BCUT2D eigenvalue weighted by molar-refractivity contribution is -0.260. The third-order valence-corrected chi connectivity index (χ3v) is 1.08. The fourth-order valence-corrected chi connectivity index (χ4v) is 0.637. The minimum atomic E-state index is -1.69. The molecule has 6 heteroatoms. The standard InChI is InChI=1S/C6H4N2O4/c9-5(10)3-4(6(11)12)8-2-1-7-3/h1-2H,(H,9,10)(H,11,12)/p-2. The number of rotatable bonds is 2. The predicted octanol–water partition coefficient (Wildman–Crippen LogP) is -2.80. The van der Waals surface area contributed by atoms with E-state index in [1.807, 2.05) is 0 Å². The quantitative estimate of drug-likeness (QED) is 0.469. The van der Waals surface area contributed by atoms with E-state index in [9.17, 15) is 19.8 Å². The molecule has 1 aromatic rings. The average Bonchev–Trinajstić information content (AvgIpc) is 2.04. The van der Waals surface area contributed by atoms with Crippen molar-refractivity contribution < 1.29 is 19.8 Å². The van der Waals surface area contributed by atoms with E-state index < -0.39 is 23.3 Å². The van der Waals surface area contributed by atoms with Crippen molar-refractivity contribution in [2.75, 3.05) is 0 Å². The van der Waals surface area contributed by atoms with E-state index >= 15 is 0 Å². The number of hydrogen-bond acceptors (Lipinski definition) is 6. The Bertz CT molecular complexity index is 303. The highest BCUT2D eigenvalue weighted by Gasteiger charge is 2.05. The van der Waals surface area contributed by atoms with Crippen molar-refractivity contribution in [1.29, 1.82) is 0 Å². The molecule has 0 amide bonds. The molecular weight excluding hydrogens is 164 g/mol. The number of carbonyl (C=O) groups is 2. The number of carboxylic acid groups (broad SMARTS) is 2. The molecule has 0 saturated carbocycles. The third kappa shape index (κ3) is 1.36. The second kappa shape index (κ2) is 2.95. The van der Waals surface area contributed by atoms with Gasteiger partial charge >= 0.3 is 0 Å². The Kier molecular flexibility index (Phi) is 2.00. The molecule has 0 aliphatic rings. The summed E-state index contributed by atoms with van der Waals surface area (Å²) in [5.41, 5.74) is -1.45. The molecule has 0 aliphatic carbocycles. The lowest BCUT2D eigenvalue weighted by atomic mass is 10.3. The highest BCUT2D eigenvalue weighted by Crippen LogP contribution is 1.97. The van der Waals surface area contributed by atoms with Crippen molar-refractivity contribution >= 4 is 11.9 Å². The lowest BCUT2D eigenvalue weighted by Gasteiger charge is -2.07. The molecule has 0 fully saturated rings. The summed E-state index contributed by atoms with van der Waals surface area (Å²) in [6, 6.07) is 0. The van der Waals surface area contributed by atoms with Crippen LogP contribution in [0.4, 0.5) is 0 Å². The zero-order valence-electron chi connectivity index (χ0n) is 5.68. The van der Waals surface area contributed by atoms with Gasteiger partial charge in [0.25, 0.3) is 0 Å². The zero-order chi connectivity index (χ0) is 9.14. The Hall–Kier alpha value is -1.98. The van der Waals surface area contributed by atoms with Crippen LogP contribution >= 0.6 is 0 Å². The van der Waals surface area contributed by atoms with Gasteiger partial charge < -0.3 is 19.8 Å². The minimum absolute atomic E-state index is 0.725. The molecule has 62 valence electrons. The number of aromatic nitrogens is 2. The van der Waals surface area contributed by atoms with Crippen LogP contribution in [0.15, 0.2) is 12.4 Å². The minimum Gasteiger partial charge on any atom is -0.543 e. The summed E-state index contributed by atoms with van der Waals surface area (Å²) < 4.78 is 0. The van der Waals surface area contributed by atoms with Crippen molar-refractivity contribution in [3.63, 3.8) is 0 Å². The van der Waals surface area contributed by atoms with Crippen LogP contribution in [0.2, 0.25) is 0 Å². The Morgan fingerprint density at radius 1 is 1.00 bits per heavy atom. The number of carbonyl (C=O) groups excluding carboxylic acids is 2. The van der Waals surface area contributed by atoms with Crippen LogP contribution in [0, 0.1) is 0 Å². The largest absolute Gasteiger partial charge is 0.543 e. The summed E-state index contributed by atoms with van der Waals surface area (Å²) in [5, 5.41) is 20.4. The van der Waals surface area contributed by atoms with E-state index in [4.69, 9.17) is 0 Å². The van der Waals surface area contributed by atoms with Gasteiger partial charge in [0.05, 0.1) is 11.9 Å². The van der Waals surface area contributed by atoms with Gasteiger partial charge in [0.2, 0.25) is 0 Å². The van der Waals surface area contributed by atoms with Crippen LogP contribution in [0.25, 0.3) is 0 Å². The Labute approximate surface area is 66.5 Å². The predicted molar refractivity (Wildman–Crippen MR) is 30.7 cm³/mol. The second-order valence-corrected chi connectivity index (χ2v) is 1.83. The highest BCUT2D eigenvalue weighted by atomic mass is 16.4. The first kappa shape index (κ1) is 8.12. The molecule has 0 N–H and O–H groups in total. The summed E-state index contributed by atoms with van der Waals surface area (Å²) in [5.74, 6) is -3.38. The van der Waals surface area contributed by atoms with Gasteiger partial charge in [0, 0.05) is 12.4 Å². The smallest absolute Gasteiger partial charge is 0.113 e. The molecule has 6 nitrogen and oxygen atoms in total. The number of hydrogen-bond donors (Lipinski definition) is 0. The van der Waals surface area contributed by atoms with Crippen molar-refractivity contribution in [2.24, 2.45) is 0 Å². The fourth-order valence-electron chi connectivity index (χ4n) is 0.637. The van der Waals surface area contributed by atoms with Crippen LogP contribution in [-0.2, 0) is 0 Å². The van der Waals surface area contributed by atoms with Gasteiger partial charge in [-0.3, -0.25) is 9.97 Å². The summed E-state index contributed by atoms with van der Waals surface area (Å²) in [7, 11) is 0. The first-order valence-electron chi connectivity index (χ1n) is 2.86. The Balaban J connectivity index is 3.27. The van der Waals surface area contributed by atoms with Crippen LogP contribution < -0.4 is 10.2 Å². The molecule has 0 bridgehead atoms. The Morgan fingerprint density at radius 3 is 1.58 bits per heavy atom. The fraction of sp³-hybridized carbons (Fsp3) is 0. The van der Waals surface area contributed by atoms with E-state index in [2.05, 4.69) is 9.97 Å². The summed E-state index contributed by atoms with van der Waals surface area (Å²) in [6.45, 7) is 0. The molecule has 12 heavy (non-hydrogen) atoms. The van der Waals surface area contributed by atoms with Crippen LogP contribution in [0.3, 0.4) is 0 Å². The van der Waals surface area contributed by atoms with E-state index in [1.165, 1.54) is 0 Å². The van der Waals surface area contributed by atoms with E-state index in [1.54, 1.807) is 0 Å². The number of aromatic carboxylic acids is 2. The molecule has 0 atom stereocenters. The molecule has 0 aliphatic heterocycles. The average molecular weight is 166 g/mol. The van der Waals surface area contributed by atoms with Crippen molar-refractivity contribution in [2.45, 2.75) is 0 Å². The summed E-state index contributed by atoms with van der Waals surface area (Å²) in [6.07, 6.45) is 2.11. The van der Waals surface area contributed by atoms with Gasteiger partial charge in [0.15, 0.2) is 0 Å². The van der Waals surface area contributed by atoms with Gasteiger partial charge in [-0.15, -0.1) is 0 Å². The normalized spacial score (nSPS) is 9.33. The van der Waals surface area contributed by atoms with Gasteiger partial charge in [-0.2, -0.15) is 0 Å².